The molecule has 0 saturated heterocycles. The van der Waals surface area contributed by atoms with Crippen molar-refractivity contribution in [2.75, 3.05) is 0 Å². The summed E-state index contributed by atoms with van der Waals surface area (Å²) in [6.45, 7) is 0.303. The average Bonchev–Trinajstić information content (AvgIpc) is 2.51. The van der Waals surface area contributed by atoms with Gasteiger partial charge in [-0.15, -0.1) is 0 Å². The van der Waals surface area contributed by atoms with Gasteiger partial charge in [-0.05, 0) is 30.4 Å². The summed E-state index contributed by atoms with van der Waals surface area (Å²) >= 11 is 0. The van der Waals surface area contributed by atoms with E-state index in [1.165, 1.54) is 0 Å². The van der Waals surface area contributed by atoms with Gasteiger partial charge >= 0.3 is 6.09 Å². The van der Waals surface area contributed by atoms with E-state index in [9.17, 15) is 4.79 Å². The lowest BCUT2D eigenvalue weighted by atomic mass is 9.72. The van der Waals surface area contributed by atoms with E-state index in [4.69, 9.17) is 4.74 Å². The Hall–Kier alpha value is -2.29. The Bertz CT molecular complexity index is 591. The predicted octanol–water partition coefficient (Wildman–Crippen LogP) is 3.99. The molecule has 3 heteroatoms. The number of ether oxygens (including phenoxy) is 1. The van der Waals surface area contributed by atoms with Crippen molar-refractivity contribution in [1.82, 2.24) is 5.32 Å². The maximum absolute atomic E-state index is 12.1. The largest absolute Gasteiger partial charge is 0.445 e. The molecule has 1 fully saturated rings. The second-order valence-corrected chi connectivity index (χ2v) is 5.49. The van der Waals surface area contributed by atoms with E-state index in [2.05, 4.69) is 17.4 Å². The first kappa shape index (κ1) is 13.7. The van der Waals surface area contributed by atoms with Crippen molar-refractivity contribution in [1.29, 1.82) is 0 Å². The Morgan fingerprint density at radius 3 is 2.19 bits per heavy atom. The lowest BCUT2D eigenvalue weighted by Gasteiger charge is -2.42. The summed E-state index contributed by atoms with van der Waals surface area (Å²) in [5.74, 6) is 0. The van der Waals surface area contributed by atoms with Gasteiger partial charge in [0, 0.05) is 0 Å². The molecule has 0 unspecified atom stereocenters. The highest BCUT2D eigenvalue weighted by Crippen LogP contribution is 2.41. The number of carbonyl (C=O) groups is 1. The molecule has 0 atom stereocenters. The minimum absolute atomic E-state index is 0.241. The van der Waals surface area contributed by atoms with Gasteiger partial charge in [-0.2, -0.15) is 0 Å². The van der Waals surface area contributed by atoms with Crippen LogP contribution in [0.25, 0.3) is 0 Å². The highest BCUT2D eigenvalue weighted by Gasteiger charge is 2.40. The van der Waals surface area contributed by atoms with Crippen molar-refractivity contribution in [3.8, 4) is 0 Å². The van der Waals surface area contributed by atoms with Crippen molar-refractivity contribution in [3.63, 3.8) is 0 Å². The molecule has 0 spiro atoms. The maximum atomic E-state index is 12.1. The van der Waals surface area contributed by atoms with Crippen LogP contribution in [0, 0.1) is 0 Å². The number of nitrogens with one attached hydrogen (secondary N) is 1. The van der Waals surface area contributed by atoms with Crippen LogP contribution in [0.15, 0.2) is 60.7 Å². The van der Waals surface area contributed by atoms with E-state index >= 15 is 0 Å². The van der Waals surface area contributed by atoms with Crippen molar-refractivity contribution in [3.05, 3.63) is 71.8 Å². The minimum atomic E-state index is -0.345. The molecule has 3 rings (SSSR count). The van der Waals surface area contributed by atoms with Crippen LogP contribution in [-0.2, 0) is 16.9 Å². The quantitative estimate of drug-likeness (QED) is 0.920. The van der Waals surface area contributed by atoms with E-state index in [1.54, 1.807) is 0 Å². The molecule has 1 N–H and O–H groups in total. The van der Waals surface area contributed by atoms with Crippen LogP contribution < -0.4 is 5.32 Å². The number of rotatable bonds is 4. The molecule has 1 aliphatic rings. The van der Waals surface area contributed by atoms with E-state index in [-0.39, 0.29) is 11.6 Å². The Kier molecular flexibility index (Phi) is 3.91. The average molecular weight is 281 g/mol. The van der Waals surface area contributed by atoms with Gasteiger partial charge in [-0.3, -0.25) is 0 Å². The summed E-state index contributed by atoms with van der Waals surface area (Å²) in [4.78, 5) is 12.1. The predicted molar refractivity (Wildman–Crippen MR) is 81.7 cm³/mol. The fourth-order valence-corrected chi connectivity index (χ4v) is 2.73. The van der Waals surface area contributed by atoms with E-state index in [0.29, 0.717) is 6.61 Å². The highest BCUT2D eigenvalue weighted by atomic mass is 16.5. The maximum Gasteiger partial charge on any atom is 0.408 e. The Balaban J connectivity index is 1.61. The van der Waals surface area contributed by atoms with Crippen LogP contribution in [0.3, 0.4) is 0 Å². The zero-order chi connectivity index (χ0) is 14.5. The molecule has 1 amide bonds. The fourth-order valence-electron chi connectivity index (χ4n) is 2.73. The third kappa shape index (κ3) is 3.07. The van der Waals surface area contributed by atoms with Gasteiger partial charge in [-0.25, -0.2) is 4.79 Å². The normalized spacial score (nSPS) is 15.8. The van der Waals surface area contributed by atoms with Gasteiger partial charge in [0.25, 0.3) is 0 Å². The number of benzene rings is 2. The van der Waals surface area contributed by atoms with Gasteiger partial charge in [0.2, 0.25) is 0 Å². The number of alkyl carbamates (subject to hydrolysis) is 1. The molecule has 2 aromatic carbocycles. The topological polar surface area (TPSA) is 38.3 Å². The first-order valence-electron chi connectivity index (χ1n) is 7.33. The fraction of sp³-hybridized carbons (Fsp3) is 0.278. The highest BCUT2D eigenvalue weighted by molar-refractivity contribution is 5.69. The van der Waals surface area contributed by atoms with Gasteiger partial charge in [0.1, 0.15) is 6.61 Å². The summed E-state index contributed by atoms with van der Waals surface area (Å²) in [5, 5.41) is 3.06. The molecule has 0 aliphatic heterocycles. The monoisotopic (exact) mass is 281 g/mol. The van der Waals surface area contributed by atoms with Crippen molar-refractivity contribution in [2.45, 2.75) is 31.4 Å². The molecule has 108 valence electrons. The molecule has 3 nitrogen and oxygen atoms in total. The van der Waals surface area contributed by atoms with E-state index < -0.39 is 0 Å². The van der Waals surface area contributed by atoms with Crippen LogP contribution in [0.5, 0.6) is 0 Å². The van der Waals surface area contributed by atoms with Crippen LogP contribution in [-0.4, -0.2) is 6.09 Å². The molecule has 2 aromatic rings. The zero-order valence-corrected chi connectivity index (χ0v) is 11.9. The summed E-state index contributed by atoms with van der Waals surface area (Å²) in [7, 11) is 0. The van der Waals surface area contributed by atoms with E-state index in [1.807, 2.05) is 48.5 Å². The van der Waals surface area contributed by atoms with Gasteiger partial charge in [0.05, 0.1) is 5.54 Å². The molecule has 0 aromatic heterocycles. The number of hydrogen-bond donors (Lipinski definition) is 1. The lowest BCUT2D eigenvalue weighted by Crippen LogP contribution is -2.50. The SMILES string of the molecule is O=C(NC1(c2ccccc2)CCC1)OCc1ccccc1. The Morgan fingerprint density at radius 2 is 1.62 bits per heavy atom. The van der Waals surface area contributed by atoms with Crippen LogP contribution >= 0.6 is 0 Å². The van der Waals surface area contributed by atoms with Crippen LogP contribution in [0.2, 0.25) is 0 Å². The van der Waals surface area contributed by atoms with Crippen molar-refractivity contribution >= 4 is 6.09 Å². The van der Waals surface area contributed by atoms with Gasteiger partial charge in [-0.1, -0.05) is 60.7 Å². The zero-order valence-electron chi connectivity index (χ0n) is 11.9. The molecule has 0 bridgehead atoms. The van der Waals surface area contributed by atoms with Crippen LogP contribution in [0.4, 0.5) is 4.79 Å². The summed E-state index contributed by atoms with van der Waals surface area (Å²) in [6.07, 6.45) is 2.73. The standard InChI is InChI=1S/C18H19NO2/c20-17(21-14-15-8-3-1-4-9-15)19-18(12-7-13-18)16-10-5-2-6-11-16/h1-6,8-11H,7,12-14H2,(H,19,20). The molecule has 1 saturated carbocycles. The number of hydrogen-bond acceptors (Lipinski definition) is 2. The molecule has 0 radical (unpaired) electrons. The number of carbonyl (C=O) groups excluding carboxylic acids is 1. The van der Waals surface area contributed by atoms with Crippen LogP contribution in [0.1, 0.15) is 30.4 Å². The molecule has 0 heterocycles. The second-order valence-electron chi connectivity index (χ2n) is 5.49. The van der Waals surface area contributed by atoms with Gasteiger partial charge < -0.3 is 10.1 Å². The molecule has 21 heavy (non-hydrogen) atoms. The Morgan fingerprint density at radius 1 is 1.00 bits per heavy atom. The first-order valence-corrected chi connectivity index (χ1v) is 7.33. The molecular formula is C18H19NO2. The smallest absolute Gasteiger partial charge is 0.408 e. The summed E-state index contributed by atoms with van der Waals surface area (Å²) in [5.41, 5.74) is 1.91. The summed E-state index contributed by atoms with van der Waals surface area (Å²) in [6, 6.07) is 19.9. The first-order chi connectivity index (χ1) is 10.3. The third-order valence-electron chi connectivity index (χ3n) is 4.09. The minimum Gasteiger partial charge on any atom is -0.445 e. The number of amides is 1. The second kappa shape index (κ2) is 6.00. The Labute approximate surface area is 124 Å². The summed E-state index contributed by atoms with van der Waals surface area (Å²) < 4.78 is 5.33. The molecule has 1 aliphatic carbocycles. The van der Waals surface area contributed by atoms with Crippen molar-refractivity contribution < 1.29 is 9.53 Å². The molecular weight excluding hydrogens is 262 g/mol. The third-order valence-corrected chi connectivity index (χ3v) is 4.09. The van der Waals surface area contributed by atoms with Crippen molar-refractivity contribution in [2.24, 2.45) is 0 Å². The van der Waals surface area contributed by atoms with Gasteiger partial charge in [0.15, 0.2) is 0 Å². The lowest BCUT2D eigenvalue weighted by molar-refractivity contribution is 0.106. The van der Waals surface area contributed by atoms with E-state index in [0.717, 1.165) is 30.4 Å².